The van der Waals surface area contributed by atoms with E-state index >= 15 is 0 Å². The van der Waals surface area contributed by atoms with E-state index < -0.39 is 36.4 Å². The molecule has 1 aromatic heterocycles. The number of hydrogen-bond donors (Lipinski definition) is 3. The van der Waals surface area contributed by atoms with Crippen LogP contribution in [-0.2, 0) is 4.74 Å². The summed E-state index contributed by atoms with van der Waals surface area (Å²) in [5, 5.41) is 18.9. The predicted octanol–water partition coefficient (Wildman–Crippen LogP) is -1.20. The van der Waals surface area contributed by atoms with E-state index in [1.54, 1.807) is 0 Å². The highest BCUT2D eigenvalue weighted by Gasteiger charge is 2.47. The van der Waals surface area contributed by atoms with E-state index in [-0.39, 0.29) is 5.82 Å². The van der Waals surface area contributed by atoms with Crippen LogP contribution in [-0.4, -0.2) is 44.2 Å². The summed E-state index contributed by atoms with van der Waals surface area (Å²) in [6.07, 6.45) is -5.55. The number of hydrogen-bond acceptors (Lipinski definition) is 6. The molecule has 1 fully saturated rings. The number of aliphatic hydroxyl groups excluding tert-OH is 2. The van der Waals surface area contributed by atoms with Crippen molar-refractivity contribution in [3.63, 3.8) is 0 Å². The number of anilines is 1. The van der Waals surface area contributed by atoms with Gasteiger partial charge >= 0.3 is 5.69 Å². The Morgan fingerprint density at radius 1 is 1.67 bits per heavy atom. The molecule has 7 nitrogen and oxygen atoms in total. The molecule has 1 unspecified atom stereocenters. The van der Waals surface area contributed by atoms with Gasteiger partial charge in [-0.05, 0) is 13.0 Å². The number of ether oxygens (including phenoxy) is 1. The van der Waals surface area contributed by atoms with E-state index in [1.165, 1.54) is 19.2 Å². The van der Waals surface area contributed by atoms with Crippen LogP contribution in [0.15, 0.2) is 17.1 Å². The van der Waals surface area contributed by atoms with Crippen molar-refractivity contribution in [2.45, 2.75) is 37.6 Å². The third kappa shape index (κ3) is 2.09. The molecule has 2 heterocycles. The maximum Gasteiger partial charge on any atom is 0.351 e. The van der Waals surface area contributed by atoms with Gasteiger partial charge in [0, 0.05) is 6.20 Å². The van der Waals surface area contributed by atoms with Crippen molar-refractivity contribution in [3.05, 3.63) is 22.7 Å². The summed E-state index contributed by atoms with van der Waals surface area (Å²) in [5.74, 6) is 0.0114. The van der Waals surface area contributed by atoms with Crippen LogP contribution in [0.4, 0.5) is 10.2 Å². The van der Waals surface area contributed by atoms with Gasteiger partial charge < -0.3 is 20.7 Å². The van der Waals surface area contributed by atoms with Gasteiger partial charge in [0.2, 0.25) is 0 Å². The van der Waals surface area contributed by atoms with Gasteiger partial charge in [0.15, 0.2) is 12.4 Å². The zero-order chi connectivity index (χ0) is 13.4. The van der Waals surface area contributed by atoms with Crippen molar-refractivity contribution in [3.8, 4) is 0 Å². The van der Waals surface area contributed by atoms with E-state index in [0.29, 0.717) is 0 Å². The second kappa shape index (κ2) is 4.63. The third-order valence-electron chi connectivity index (χ3n) is 2.83. The molecule has 0 bridgehead atoms. The number of nitrogens with zero attached hydrogens (tertiary/aromatic N) is 2. The second-order valence-electron chi connectivity index (χ2n) is 4.21. The fourth-order valence-corrected chi connectivity index (χ4v) is 1.90. The van der Waals surface area contributed by atoms with Gasteiger partial charge in [0.05, 0.1) is 6.10 Å². The van der Waals surface area contributed by atoms with E-state index in [4.69, 9.17) is 10.5 Å². The first-order chi connectivity index (χ1) is 8.41. The molecule has 1 aliphatic rings. The quantitative estimate of drug-likeness (QED) is 0.615. The Kier molecular flexibility index (Phi) is 3.33. The highest BCUT2D eigenvalue weighted by Crippen LogP contribution is 2.32. The topological polar surface area (TPSA) is 111 Å². The van der Waals surface area contributed by atoms with Crippen molar-refractivity contribution in [1.29, 1.82) is 0 Å². The molecule has 0 saturated carbocycles. The minimum absolute atomic E-state index is 0.0114. The molecule has 0 spiro atoms. The van der Waals surface area contributed by atoms with Gasteiger partial charge in [-0.2, -0.15) is 4.98 Å². The Hall–Kier alpha value is -1.51. The number of nitrogen functional groups attached to an aromatic ring is 1. The number of nitrogens with two attached hydrogens (primary N) is 1. The van der Waals surface area contributed by atoms with Crippen LogP contribution in [0.1, 0.15) is 13.2 Å². The molecule has 1 aliphatic heterocycles. The van der Waals surface area contributed by atoms with Gasteiger partial charge in [-0.15, -0.1) is 0 Å². The van der Waals surface area contributed by atoms with Crippen LogP contribution in [0, 0.1) is 0 Å². The molecule has 100 valence electrons. The number of rotatable bonds is 2. The average molecular weight is 259 g/mol. The van der Waals surface area contributed by atoms with E-state index in [2.05, 4.69) is 4.98 Å². The van der Waals surface area contributed by atoms with Gasteiger partial charge in [-0.1, -0.05) is 0 Å². The van der Waals surface area contributed by atoms with Crippen molar-refractivity contribution in [2.24, 2.45) is 0 Å². The third-order valence-corrected chi connectivity index (χ3v) is 2.83. The zero-order valence-electron chi connectivity index (χ0n) is 9.60. The molecule has 0 radical (unpaired) electrons. The monoisotopic (exact) mass is 259 g/mol. The van der Waals surface area contributed by atoms with E-state index in [9.17, 15) is 19.4 Å². The van der Waals surface area contributed by atoms with Crippen LogP contribution in [0.5, 0.6) is 0 Å². The molecule has 5 atom stereocenters. The normalized spacial score (nSPS) is 33.6. The van der Waals surface area contributed by atoms with E-state index in [1.807, 2.05) is 0 Å². The molecule has 2 rings (SSSR count). The minimum Gasteiger partial charge on any atom is -0.391 e. The molecule has 4 N–H and O–H groups in total. The first-order valence-corrected chi connectivity index (χ1v) is 5.42. The standard InChI is InChI=1S/C10H14FN3O4/c1-4(15)8-7(16)6(11)9(18-8)14-3-2-5(12)13-10(14)17/h2-4,6-9,15-16H,1H3,(H2,12,13,17)/t4?,6-,7+,8-,9-/m1/s1. The Morgan fingerprint density at radius 2 is 2.33 bits per heavy atom. The fourth-order valence-electron chi connectivity index (χ4n) is 1.90. The van der Waals surface area contributed by atoms with Crippen LogP contribution >= 0.6 is 0 Å². The Balaban J connectivity index is 2.32. The summed E-state index contributed by atoms with van der Waals surface area (Å²) in [5.41, 5.74) is 4.54. The summed E-state index contributed by atoms with van der Waals surface area (Å²) >= 11 is 0. The lowest BCUT2D eigenvalue weighted by molar-refractivity contribution is -0.0783. The summed E-state index contributed by atoms with van der Waals surface area (Å²) in [6, 6.07) is 1.32. The van der Waals surface area contributed by atoms with Crippen LogP contribution in [0.2, 0.25) is 0 Å². The Morgan fingerprint density at radius 3 is 2.83 bits per heavy atom. The highest BCUT2D eigenvalue weighted by atomic mass is 19.1. The van der Waals surface area contributed by atoms with E-state index in [0.717, 1.165) is 4.57 Å². The van der Waals surface area contributed by atoms with Crippen molar-refractivity contribution < 1.29 is 19.3 Å². The van der Waals surface area contributed by atoms with Crippen LogP contribution < -0.4 is 11.4 Å². The van der Waals surface area contributed by atoms with Gasteiger partial charge in [0.1, 0.15) is 18.0 Å². The second-order valence-corrected chi connectivity index (χ2v) is 4.21. The molecular formula is C10H14FN3O4. The molecule has 18 heavy (non-hydrogen) atoms. The highest BCUT2D eigenvalue weighted by molar-refractivity contribution is 5.23. The van der Waals surface area contributed by atoms with Crippen LogP contribution in [0.25, 0.3) is 0 Å². The van der Waals surface area contributed by atoms with Gasteiger partial charge in [-0.3, -0.25) is 4.57 Å². The Bertz CT molecular complexity index is 492. The zero-order valence-corrected chi connectivity index (χ0v) is 9.60. The molecule has 0 amide bonds. The van der Waals surface area contributed by atoms with Crippen molar-refractivity contribution >= 4 is 5.82 Å². The lowest BCUT2D eigenvalue weighted by atomic mass is 10.1. The molecule has 0 aromatic carbocycles. The van der Waals surface area contributed by atoms with Crippen LogP contribution in [0.3, 0.4) is 0 Å². The fraction of sp³-hybridized carbons (Fsp3) is 0.600. The lowest BCUT2D eigenvalue weighted by Gasteiger charge is -2.17. The average Bonchev–Trinajstić information content (AvgIpc) is 2.57. The molecule has 0 aliphatic carbocycles. The number of halogens is 1. The first kappa shape index (κ1) is 12.9. The first-order valence-electron chi connectivity index (χ1n) is 5.42. The summed E-state index contributed by atoms with van der Waals surface area (Å²) in [4.78, 5) is 15.0. The summed E-state index contributed by atoms with van der Waals surface area (Å²) < 4.78 is 19.9. The summed E-state index contributed by atoms with van der Waals surface area (Å²) in [7, 11) is 0. The Labute approximate surface area is 102 Å². The smallest absolute Gasteiger partial charge is 0.351 e. The van der Waals surface area contributed by atoms with Crippen molar-refractivity contribution in [2.75, 3.05) is 5.73 Å². The minimum atomic E-state index is -1.83. The number of aromatic nitrogens is 2. The van der Waals surface area contributed by atoms with Gasteiger partial charge in [-0.25, -0.2) is 9.18 Å². The maximum atomic E-state index is 13.9. The molecular weight excluding hydrogens is 245 g/mol. The largest absolute Gasteiger partial charge is 0.391 e. The van der Waals surface area contributed by atoms with Crippen molar-refractivity contribution in [1.82, 2.24) is 9.55 Å². The number of aliphatic hydroxyl groups is 2. The molecule has 8 heteroatoms. The SMILES string of the molecule is CC(O)[C@H]1O[C@@H](n2ccc(N)nc2=O)[C@H](F)[C@@H]1O. The molecule has 1 saturated heterocycles. The summed E-state index contributed by atoms with van der Waals surface area (Å²) in [6.45, 7) is 1.37. The van der Waals surface area contributed by atoms with Gasteiger partial charge in [0.25, 0.3) is 0 Å². The lowest BCUT2D eigenvalue weighted by Crippen LogP contribution is -2.36. The maximum absolute atomic E-state index is 13.9. The predicted molar refractivity (Wildman–Crippen MR) is 59.4 cm³/mol. The molecule has 1 aromatic rings. The number of alkyl halides is 1.